The molecular formula is C7H8ClNOS. The van der Waals surface area contributed by atoms with Crippen molar-refractivity contribution in [1.82, 2.24) is 0 Å². The predicted molar refractivity (Wildman–Crippen MR) is 47.3 cm³/mol. The summed E-state index contributed by atoms with van der Waals surface area (Å²) in [6.07, 6.45) is 0. The van der Waals surface area contributed by atoms with Gasteiger partial charge in [0.1, 0.15) is 0 Å². The summed E-state index contributed by atoms with van der Waals surface area (Å²) in [6, 6.07) is 2.95. The Morgan fingerprint density at radius 3 is 2.73 bits per heavy atom. The molecular weight excluding hydrogens is 182 g/mol. The van der Waals surface area contributed by atoms with Gasteiger partial charge < -0.3 is 5.73 Å². The largest absolute Gasteiger partial charge is 0.321 e. The van der Waals surface area contributed by atoms with Crippen molar-refractivity contribution in [3.63, 3.8) is 0 Å². The van der Waals surface area contributed by atoms with Crippen molar-refractivity contribution in [2.24, 2.45) is 5.73 Å². The van der Waals surface area contributed by atoms with Gasteiger partial charge in [-0.05, 0) is 19.1 Å². The summed E-state index contributed by atoms with van der Waals surface area (Å²) < 4.78 is 0.619. The van der Waals surface area contributed by atoms with Crippen LogP contribution >= 0.6 is 22.9 Å². The molecule has 0 unspecified atom stereocenters. The van der Waals surface area contributed by atoms with Crippen LogP contribution in [0.25, 0.3) is 0 Å². The van der Waals surface area contributed by atoms with Crippen molar-refractivity contribution >= 4 is 28.7 Å². The molecule has 4 heteroatoms. The number of hydrogen-bond donors (Lipinski definition) is 1. The SMILES string of the molecule is C[C@H](N)C(=O)c1ccc(Cl)s1. The van der Waals surface area contributed by atoms with Crippen molar-refractivity contribution in [1.29, 1.82) is 0 Å². The minimum Gasteiger partial charge on any atom is -0.321 e. The lowest BCUT2D eigenvalue weighted by Crippen LogP contribution is -2.25. The van der Waals surface area contributed by atoms with Crippen LogP contribution in [0.3, 0.4) is 0 Å². The molecule has 0 amide bonds. The molecule has 0 aliphatic carbocycles. The number of carbonyl (C=O) groups excluding carboxylic acids is 1. The summed E-state index contributed by atoms with van der Waals surface area (Å²) in [7, 11) is 0. The number of ketones is 1. The number of thiophene rings is 1. The van der Waals surface area contributed by atoms with Crippen LogP contribution in [0.1, 0.15) is 16.6 Å². The average Bonchev–Trinajstić information content (AvgIpc) is 2.34. The second-order valence-electron chi connectivity index (χ2n) is 2.26. The Labute approximate surface area is 74.0 Å². The van der Waals surface area contributed by atoms with E-state index in [-0.39, 0.29) is 5.78 Å². The fourth-order valence-electron chi connectivity index (χ4n) is 0.671. The van der Waals surface area contributed by atoms with E-state index in [2.05, 4.69) is 0 Å². The average molecular weight is 190 g/mol. The van der Waals surface area contributed by atoms with Crippen LogP contribution in [0, 0.1) is 0 Å². The smallest absolute Gasteiger partial charge is 0.189 e. The molecule has 1 rings (SSSR count). The van der Waals surface area contributed by atoms with Crippen molar-refractivity contribution in [2.45, 2.75) is 13.0 Å². The third kappa shape index (κ3) is 2.02. The molecule has 0 saturated carbocycles. The van der Waals surface area contributed by atoms with Gasteiger partial charge in [-0.1, -0.05) is 11.6 Å². The second kappa shape index (κ2) is 3.34. The Morgan fingerprint density at radius 2 is 2.36 bits per heavy atom. The minimum absolute atomic E-state index is 0.0538. The van der Waals surface area contributed by atoms with Gasteiger partial charge in [0, 0.05) is 0 Å². The molecule has 1 aromatic heterocycles. The maximum atomic E-state index is 11.2. The lowest BCUT2D eigenvalue weighted by atomic mass is 10.2. The van der Waals surface area contributed by atoms with Crippen LogP contribution in [0.15, 0.2) is 12.1 Å². The molecule has 0 aliphatic rings. The standard InChI is InChI=1S/C7H8ClNOS/c1-4(9)7(10)5-2-3-6(8)11-5/h2-4H,9H2,1H3/t4-/m0/s1. The molecule has 2 nitrogen and oxygen atoms in total. The van der Waals surface area contributed by atoms with E-state index < -0.39 is 6.04 Å². The van der Waals surface area contributed by atoms with Crippen molar-refractivity contribution in [3.8, 4) is 0 Å². The molecule has 0 bridgehead atoms. The Morgan fingerprint density at radius 1 is 1.73 bits per heavy atom. The molecule has 0 saturated heterocycles. The van der Waals surface area contributed by atoms with E-state index in [1.165, 1.54) is 11.3 Å². The summed E-state index contributed by atoms with van der Waals surface area (Å²) in [5.41, 5.74) is 5.39. The van der Waals surface area contributed by atoms with E-state index in [1.807, 2.05) is 0 Å². The van der Waals surface area contributed by atoms with Crippen LogP contribution < -0.4 is 5.73 Å². The van der Waals surface area contributed by atoms with Crippen LogP contribution in [-0.4, -0.2) is 11.8 Å². The highest BCUT2D eigenvalue weighted by Gasteiger charge is 2.12. The first-order chi connectivity index (χ1) is 5.11. The number of Topliss-reactive ketones (excluding diaryl/α,β-unsaturated/α-hetero) is 1. The van der Waals surface area contributed by atoms with E-state index in [4.69, 9.17) is 17.3 Å². The molecule has 60 valence electrons. The van der Waals surface area contributed by atoms with Crippen LogP contribution in [0.5, 0.6) is 0 Å². The summed E-state index contributed by atoms with van der Waals surface area (Å²) in [4.78, 5) is 11.8. The third-order valence-corrected chi connectivity index (χ3v) is 2.48. The summed E-state index contributed by atoms with van der Waals surface area (Å²) >= 11 is 6.89. The second-order valence-corrected chi connectivity index (χ2v) is 3.97. The summed E-state index contributed by atoms with van der Waals surface area (Å²) in [6.45, 7) is 1.66. The molecule has 1 heterocycles. The zero-order valence-corrected chi connectivity index (χ0v) is 7.58. The van der Waals surface area contributed by atoms with Gasteiger partial charge in [0.05, 0.1) is 15.3 Å². The number of hydrogen-bond acceptors (Lipinski definition) is 3. The fraction of sp³-hybridized carbons (Fsp3) is 0.286. The Balaban J connectivity index is 2.85. The van der Waals surface area contributed by atoms with E-state index in [9.17, 15) is 4.79 Å². The lowest BCUT2D eigenvalue weighted by Gasteiger charge is -1.98. The molecule has 0 fully saturated rings. The van der Waals surface area contributed by atoms with Gasteiger partial charge >= 0.3 is 0 Å². The van der Waals surface area contributed by atoms with Gasteiger partial charge in [0.15, 0.2) is 5.78 Å². The first kappa shape index (κ1) is 8.71. The maximum Gasteiger partial charge on any atom is 0.189 e. The normalized spacial score (nSPS) is 13.0. The monoisotopic (exact) mass is 189 g/mol. The minimum atomic E-state index is -0.440. The van der Waals surface area contributed by atoms with E-state index >= 15 is 0 Å². The maximum absolute atomic E-state index is 11.2. The van der Waals surface area contributed by atoms with Crippen LogP contribution in [-0.2, 0) is 0 Å². The lowest BCUT2D eigenvalue weighted by molar-refractivity contribution is 0.0972. The quantitative estimate of drug-likeness (QED) is 0.723. The molecule has 0 aliphatic heterocycles. The molecule has 11 heavy (non-hydrogen) atoms. The van der Waals surface area contributed by atoms with Crippen LogP contribution in [0.2, 0.25) is 4.34 Å². The zero-order valence-electron chi connectivity index (χ0n) is 6.00. The highest BCUT2D eigenvalue weighted by molar-refractivity contribution is 7.18. The topological polar surface area (TPSA) is 43.1 Å². The van der Waals surface area contributed by atoms with Crippen molar-refractivity contribution in [2.75, 3.05) is 0 Å². The van der Waals surface area contributed by atoms with Gasteiger partial charge in [0.25, 0.3) is 0 Å². The first-order valence-corrected chi connectivity index (χ1v) is 4.36. The molecule has 2 N–H and O–H groups in total. The van der Waals surface area contributed by atoms with Crippen molar-refractivity contribution < 1.29 is 4.79 Å². The van der Waals surface area contributed by atoms with Crippen LogP contribution in [0.4, 0.5) is 0 Å². The highest BCUT2D eigenvalue weighted by atomic mass is 35.5. The number of rotatable bonds is 2. The third-order valence-electron chi connectivity index (χ3n) is 1.23. The highest BCUT2D eigenvalue weighted by Crippen LogP contribution is 2.22. The molecule has 1 atom stereocenters. The summed E-state index contributed by atoms with van der Waals surface area (Å²) in [5, 5.41) is 0. The van der Waals surface area contributed by atoms with Gasteiger partial charge in [-0.15, -0.1) is 11.3 Å². The number of halogens is 1. The van der Waals surface area contributed by atoms with Gasteiger partial charge in [-0.2, -0.15) is 0 Å². The number of nitrogens with two attached hydrogens (primary N) is 1. The molecule has 0 aromatic carbocycles. The predicted octanol–water partition coefficient (Wildman–Crippen LogP) is 1.93. The van der Waals surface area contributed by atoms with Crippen molar-refractivity contribution in [3.05, 3.63) is 21.3 Å². The van der Waals surface area contributed by atoms with E-state index in [1.54, 1.807) is 19.1 Å². The number of carbonyl (C=O) groups is 1. The molecule has 0 spiro atoms. The van der Waals surface area contributed by atoms with Gasteiger partial charge in [-0.3, -0.25) is 4.79 Å². The fourth-order valence-corrected chi connectivity index (χ4v) is 1.75. The Bertz CT molecular complexity index is 269. The van der Waals surface area contributed by atoms with E-state index in [0.29, 0.717) is 9.21 Å². The van der Waals surface area contributed by atoms with E-state index in [0.717, 1.165) is 0 Å². The summed E-state index contributed by atoms with van der Waals surface area (Å²) in [5.74, 6) is -0.0538. The first-order valence-electron chi connectivity index (χ1n) is 3.16. The zero-order chi connectivity index (χ0) is 8.43. The van der Waals surface area contributed by atoms with Gasteiger partial charge in [0.2, 0.25) is 0 Å². The Hall–Kier alpha value is -0.380. The van der Waals surface area contributed by atoms with Gasteiger partial charge in [-0.25, -0.2) is 0 Å². The molecule has 0 radical (unpaired) electrons. The Kier molecular flexibility index (Phi) is 2.65. The molecule has 1 aromatic rings.